The van der Waals surface area contributed by atoms with E-state index in [4.69, 9.17) is 27.9 Å². The van der Waals surface area contributed by atoms with Gasteiger partial charge in [0.15, 0.2) is 0 Å². The lowest BCUT2D eigenvalue weighted by molar-refractivity contribution is -0.108. The molecule has 0 heterocycles. The zero-order chi connectivity index (χ0) is 7.11. The standard InChI is InChI=1S/C5H8Cl2O2/c6-1-2-9-4-5(7)3-8/h3,5H,1-2,4H2. The minimum absolute atomic E-state index is 0.248. The molecule has 0 aliphatic carbocycles. The van der Waals surface area contributed by atoms with Gasteiger partial charge in [-0.25, -0.2) is 0 Å². The minimum atomic E-state index is -0.534. The van der Waals surface area contributed by atoms with E-state index in [0.717, 1.165) is 0 Å². The number of halogens is 2. The lowest BCUT2D eigenvalue weighted by atomic mass is 10.5. The molecule has 0 aliphatic heterocycles. The van der Waals surface area contributed by atoms with E-state index >= 15 is 0 Å². The maximum atomic E-state index is 9.85. The number of hydrogen-bond donors (Lipinski definition) is 0. The molecule has 0 aromatic carbocycles. The molecule has 0 aromatic rings. The molecule has 0 fully saturated rings. The first kappa shape index (κ1) is 9.21. The smallest absolute Gasteiger partial charge is 0.140 e. The van der Waals surface area contributed by atoms with Crippen molar-refractivity contribution in [1.82, 2.24) is 0 Å². The number of carbonyl (C=O) groups excluding carboxylic acids is 1. The van der Waals surface area contributed by atoms with Crippen LogP contribution in [0.25, 0.3) is 0 Å². The van der Waals surface area contributed by atoms with E-state index in [9.17, 15) is 4.79 Å². The number of carbonyl (C=O) groups is 1. The highest BCUT2D eigenvalue weighted by Crippen LogP contribution is 1.91. The second kappa shape index (κ2) is 6.33. The summed E-state index contributed by atoms with van der Waals surface area (Å²) in [6.45, 7) is 0.691. The highest BCUT2D eigenvalue weighted by Gasteiger charge is 1.99. The quantitative estimate of drug-likeness (QED) is 0.351. The van der Waals surface area contributed by atoms with Crippen LogP contribution in [0.5, 0.6) is 0 Å². The molecule has 0 spiro atoms. The Balaban J connectivity index is 2.96. The van der Waals surface area contributed by atoms with Crippen molar-refractivity contribution < 1.29 is 9.53 Å². The van der Waals surface area contributed by atoms with Gasteiger partial charge < -0.3 is 9.53 Å². The lowest BCUT2D eigenvalue weighted by Crippen LogP contribution is -2.11. The summed E-state index contributed by atoms with van der Waals surface area (Å²) in [7, 11) is 0. The fraction of sp³-hybridized carbons (Fsp3) is 0.800. The lowest BCUT2D eigenvalue weighted by Gasteiger charge is -2.00. The van der Waals surface area contributed by atoms with Crippen LogP contribution in [0, 0.1) is 0 Å². The predicted molar refractivity (Wildman–Crippen MR) is 37.2 cm³/mol. The summed E-state index contributed by atoms with van der Waals surface area (Å²) >= 11 is 10.6. The highest BCUT2D eigenvalue weighted by atomic mass is 35.5. The molecule has 0 bridgehead atoms. The molecular weight excluding hydrogens is 163 g/mol. The number of hydrogen-bond acceptors (Lipinski definition) is 2. The number of ether oxygens (including phenoxy) is 1. The summed E-state index contributed by atoms with van der Waals surface area (Å²) in [4.78, 5) is 9.85. The van der Waals surface area contributed by atoms with Crippen molar-refractivity contribution in [1.29, 1.82) is 0 Å². The Bertz CT molecular complexity index is 77.4. The van der Waals surface area contributed by atoms with Crippen LogP contribution in [0.4, 0.5) is 0 Å². The Morgan fingerprint density at radius 1 is 1.67 bits per heavy atom. The second-order valence-corrected chi connectivity index (χ2v) is 2.35. The molecule has 0 saturated carbocycles. The van der Waals surface area contributed by atoms with E-state index in [2.05, 4.69) is 0 Å². The van der Waals surface area contributed by atoms with Gasteiger partial charge in [0.25, 0.3) is 0 Å². The summed E-state index contributed by atoms with van der Waals surface area (Å²) < 4.78 is 4.84. The van der Waals surface area contributed by atoms with Gasteiger partial charge in [-0.1, -0.05) is 0 Å². The van der Waals surface area contributed by atoms with E-state index in [0.29, 0.717) is 18.8 Å². The van der Waals surface area contributed by atoms with Crippen LogP contribution < -0.4 is 0 Å². The molecule has 1 atom stereocenters. The Kier molecular flexibility index (Phi) is 6.48. The first-order valence-corrected chi connectivity index (χ1v) is 3.51. The van der Waals surface area contributed by atoms with Crippen LogP contribution in [0.2, 0.25) is 0 Å². The first-order chi connectivity index (χ1) is 4.31. The molecule has 0 N–H and O–H groups in total. The predicted octanol–water partition coefficient (Wildman–Crippen LogP) is 1.05. The molecule has 1 unspecified atom stereocenters. The fourth-order valence-electron chi connectivity index (χ4n) is 0.290. The van der Waals surface area contributed by atoms with Crippen molar-refractivity contribution in [3.05, 3.63) is 0 Å². The maximum Gasteiger partial charge on any atom is 0.140 e. The number of rotatable bonds is 5. The Hall–Kier alpha value is 0.210. The summed E-state index contributed by atoms with van der Waals surface area (Å²) in [5, 5.41) is -0.534. The Morgan fingerprint density at radius 3 is 2.78 bits per heavy atom. The van der Waals surface area contributed by atoms with Gasteiger partial charge in [0.05, 0.1) is 13.2 Å². The zero-order valence-corrected chi connectivity index (χ0v) is 6.36. The molecule has 0 radical (unpaired) electrons. The molecule has 4 heteroatoms. The zero-order valence-electron chi connectivity index (χ0n) is 4.85. The van der Waals surface area contributed by atoms with E-state index < -0.39 is 5.38 Å². The van der Waals surface area contributed by atoms with Crippen LogP contribution in [0.3, 0.4) is 0 Å². The van der Waals surface area contributed by atoms with Crippen molar-refractivity contribution in [2.75, 3.05) is 19.1 Å². The molecule has 9 heavy (non-hydrogen) atoms. The Labute approximate surface area is 64.1 Å². The molecule has 0 saturated heterocycles. The van der Waals surface area contributed by atoms with Gasteiger partial charge in [0.1, 0.15) is 11.7 Å². The fourth-order valence-corrected chi connectivity index (χ4v) is 0.488. The van der Waals surface area contributed by atoms with Gasteiger partial charge in [-0.05, 0) is 0 Å². The van der Waals surface area contributed by atoms with Crippen molar-refractivity contribution in [2.45, 2.75) is 5.38 Å². The second-order valence-electron chi connectivity index (χ2n) is 1.42. The first-order valence-electron chi connectivity index (χ1n) is 2.54. The third-order valence-corrected chi connectivity index (χ3v) is 1.03. The number of aldehydes is 1. The maximum absolute atomic E-state index is 9.85. The largest absolute Gasteiger partial charge is 0.378 e. The highest BCUT2D eigenvalue weighted by molar-refractivity contribution is 6.27. The minimum Gasteiger partial charge on any atom is -0.378 e. The van der Waals surface area contributed by atoms with E-state index in [-0.39, 0.29) is 6.61 Å². The normalized spacial score (nSPS) is 13.1. The summed E-state index contributed by atoms with van der Waals surface area (Å²) in [5.41, 5.74) is 0. The van der Waals surface area contributed by atoms with Crippen LogP contribution in [-0.4, -0.2) is 30.8 Å². The average molecular weight is 171 g/mol. The molecule has 0 amide bonds. The van der Waals surface area contributed by atoms with Crippen LogP contribution in [-0.2, 0) is 9.53 Å². The molecule has 0 aromatic heterocycles. The molecular formula is C5H8Cl2O2. The third-order valence-electron chi connectivity index (χ3n) is 0.646. The average Bonchev–Trinajstić information content (AvgIpc) is 1.89. The van der Waals surface area contributed by atoms with Gasteiger partial charge in [-0.2, -0.15) is 0 Å². The van der Waals surface area contributed by atoms with Crippen molar-refractivity contribution >= 4 is 29.5 Å². The molecule has 0 aliphatic rings. The van der Waals surface area contributed by atoms with Gasteiger partial charge in [-0.15, -0.1) is 23.2 Å². The third kappa shape index (κ3) is 6.09. The van der Waals surface area contributed by atoms with E-state index in [1.165, 1.54) is 0 Å². The van der Waals surface area contributed by atoms with Crippen molar-refractivity contribution in [3.8, 4) is 0 Å². The van der Waals surface area contributed by atoms with Crippen molar-refractivity contribution in [2.24, 2.45) is 0 Å². The van der Waals surface area contributed by atoms with E-state index in [1.54, 1.807) is 0 Å². The summed E-state index contributed by atoms with van der Waals surface area (Å²) in [6.07, 6.45) is 0.635. The molecule has 54 valence electrons. The monoisotopic (exact) mass is 170 g/mol. The van der Waals surface area contributed by atoms with Gasteiger partial charge in [0, 0.05) is 5.88 Å². The van der Waals surface area contributed by atoms with Gasteiger partial charge in [0.2, 0.25) is 0 Å². The molecule has 2 nitrogen and oxygen atoms in total. The van der Waals surface area contributed by atoms with Crippen LogP contribution >= 0.6 is 23.2 Å². The van der Waals surface area contributed by atoms with Crippen molar-refractivity contribution in [3.63, 3.8) is 0 Å². The van der Waals surface area contributed by atoms with Gasteiger partial charge >= 0.3 is 0 Å². The van der Waals surface area contributed by atoms with E-state index in [1.807, 2.05) is 0 Å². The molecule has 0 rings (SSSR count). The topological polar surface area (TPSA) is 26.3 Å². The Morgan fingerprint density at radius 2 is 2.33 bits per heavy atom. The van der Waals surface area contributed by atoms with Gasteiger partial charge in [-0.3, -0.25) is 0 Å². The van der Waals surface area contributed by atoms with Crippen LogP contribution in [0.15, 0.2) is 0 Å². The SMILES string of the molecule is O=CC(Cl)COCCCl. The van der Waals surface area contributed by atoms with Crippen LogP contribution in [0.1, 0.15) is 0 Å². The summed E-state index contributed by atoms with van der Waals surface area (Å²) in [5.74, 6) is 0.433. The summed E-state index contributed by atoms with van der Waals surface area (Å²) in [6, 6.07) is 0. The number of alkyl halides is 2.